The number of carboxylic acids is 1. The van der Waals surface area contributed by atoms with Crippen LogP contribution in [0.25, 0.3) is 10.9 Å². The number of benzene rings is 3. The Hall–Kier alpha value is -4.43. The van der Waals surface area contributed by atoms with Gasteiger partial charge >= 0.3 is 5.97 Å². The molecule has 0 radical (unpaired) electrons. The number of likely N-dealkylation sites (N-methyl/N-ethyl adjacent to an activating group) is 1. The standard InChI is InChI=1S/C28H28N4O4/c1-17-15-22-23(16-21(17)28(35)36)31-27(34)24(22)25(18-7-5-4-6-8-18)30-20-11-9-19(10-12-20)26(33)29-13-14-32(2)3/h4-12,15-16,31,34H,13-14H2,1-3H3,(H,29,33)(H,35,36). The van der Waals surface area contributed by atoms with Crippen LogP contribution >= 0.6 is 0 Å². The lowest BCUT2D eigenvalue weighted by Crippen LogP contribution is -2.31. The highest BCUT2D eigenvalue weighted by Crippen LogP contribution is 2.33. The molecule has 36 heavy (non-hydrogen) atoms. The van der Waals surface area contributed by atoms with Crippen LogP contribution in [0.1, 0.15) is 37.4 Å². The van der Waals surface area contributed by atoms with Crippen molar-refractivity contribution in [3.63, 3.8) is 0 Å². The Morgan fingerprint density at radius 1 is 1.00 bits per heavy atom. The van der Waals surface area contributed by atoms with Crippen molar-refractivity contribution in [3.05, 3.63) is 94.5 Å². The maximum Gasteiger partial charge on any atom is 0.336 e. The molecule has 0 atom stereocenters. The van der Waals surface area contributed by atoms with Crippen LogP contribution in [-0.4, -0.2) is 64.9 Å². The summed E-state index contributed by atoms with van der Waals surface area (Å²) in [6, 6.07) is 19.6. The van der Waals surface area contributed by atoms with E-state index in [1.807, 2.05) is 49.3 Å². The molecule has 0 bridgehead atoms. The molecule has 4 aromatic rings. The summed E-state index contributed by atoms with van der Waals surface area (Å²) in [6.07, 6.45) is 0. The molecule has 1 aromatic heterocycles. The van der Waals surface area contributed by atoms with E-state index in [0.29, 0.717) is 45.5 Å². The smallest absolute Gasteiger partial charge is 0.336 e. The number of hydrogen-bond donors (Lipinski definition) is 4. The zero-order valence-corrected chi connectivity index (χ0v) is 20.4. The SMILES string of the molecule is Cc1cc2c(C(=Nc3ccc(C(=O)NCCN(C)C)cc3)c3ccccc3)c(O)[nH]c2cc1C(=O)O. The predicted octanol–water partition coefficient (Wildman–Crippen LogP) is 4.34. The Morgan fingerprint density at radius 3 is 2.33 bits per heavy atom. The lowest BCUT2D eigenvalue weighted by molar-refractivity contribution is 0.0696. The fourth-order valence-electron chi connectivity index (χ4n) is 3.98. The van der Waals surface area contributed by atoms with E-state index in [0.717, 1.165) is 12.1 Å². The molecule has 0 aliphatic carbocycles. The van der Waals surface area contributed by atoms with Gasteiger partial charge in [0.05, 0.1) is 22.5 Å². The molecule has 8 heteroatoms. The topological polar surface area (TPSA) is 118 Å². The second kappa shape index (κ2) is 10.5. The molecule has 0 saturated carbocycles. The Kier molecular flexibility index (Phi) is 7.17. The van der Waals surface area contributed by atoms with Crippen molar-refractivity contribution >= 4 is 34.2 Å². The van der Waals surface area contributed by atoms with Crippen molar-refractivity contribution in [1.29, 1.82) is 0 Å². The summed E-state index contributed by atoms with van der Waals surface area (Å²) in [7, 11) is 3.89. The molecule has 0 saturated heterocycles. The molecule has 184 valence electrons. The number of carbonyl (C=O) groups excluding carboxylic acids is 1. The van der Waals surface area contributed by atoms with E-state index in [1.54, 1.807) is 37.3 Å². The van der Waals surface area contributed by atoms with Crippen molar-refractivity contribution in [2.75, 3.05) is 27.2 Å². The summed E-state index contributed by atoms with van der Waals surface area (Å²) in [5, 5.41) is 23.9. The molecule has 0 aliphatic rings. The first-order valence-electron chi connectivity index (χ1n) is 11.5. The second-order valence-corrected chi connectivity index (χ2v) is 8.80. The third-order valence-corrected chi connectivity index (χ3v) is 5.85. The number of aromatic nitrogens is 1. The summed E-state index contributed by atoms with van der Waals surface area (Å²) in [5.74, 6) is -1.30. The quantitative estimate of drug-likeness (QED) is 0.278. The number of nitrogens with one attached hydrogen (secondary N) is 2. The molecule has 4 rings (SSSR count). The molecule has 1 amide bonds. The van der Waals surface area contributed by atoms with Crippen LogP contribution in [0.15, 0.2) is 71.7 Å². The maximum absolute atomic E-state index is 12.4. The largest absolute Gasteiger partial charge is 0.494 e. The first-order valence-corrected chi connectivity index (χ1v) is 11.5. The minimum absolute atomic E-state index is 0.105. The van der Waals surface area contributed by atoms with Crippen LogP contribution in [0.3, 0.4) is 0 Å². The minimum atomic E-state index is -1.03. The number of rotatable bonds is 8. The summed E-state index contributed by atoms with van der Waals surface area (Å²) in [5.41, 5.74) is 4.14. The third kappa shape index (κ3) is 5.29. The van der Waals surface area contributed by atoms with E-state index in [-0.39, 0.29) is 17.4 Å². The van der Waals surface area contributed by atoms with Crippen molar-refractivity contribution in [3.8, 4) is 5.88 Å². The molecule has 0 fully saturated rings. The van der Waals surface area contributed by atoms with Gasteiger partial charge in [0.1, 0.15) is 0 Å². The summed E-state index contributed by atoms with van der Waals surface area (Å²) in [4.78, 5) is 33.7. The number of carbonyl (C=O) groups is 2. The average Bonchev–Trinajstić information content (AvgIpc) is 3.16. The van der Waals surface area contributed by atoms with Gasteiger partial charge in [0.2, 0.25) is 0 Å². The van der Waals surface area contributed by atoms with Crippen molar-refractivity contribution in [1.82, 2.24) is 15.2 Å². The average molecular weight is 485 g/mol. The Balaban J connectivity index is 1.76. The molecular weight excluding hydrogens is 456 g/mol. The number of aromatic hydroxyl groups is 1. The van der Waals surface area contributed by atoms with Gasteiger partial charge in [-0.1, -0.05) is 30.3 Å². The van der Waals surface area contributed by atoms with E-state index >= 15 is 0 Å². The number of aryl methyl sites for hydroxylation is 1. The highest BCUT2D eigenvalue weighted by molar-refractivity contribution is 6.22. The van der Waals surface area contributed by atoms with E-state index < -0.39 is 5.97 Å². The van der Waals surface area contributed by atoms with Crippen molar-refractivity contribution in [2.45, 2.75) is 6.92 Å². The summed E-state index contributed by atoms with van der Waals surface area (Å²) in [6.45, 7) is 3.02. The monoisotopic (exact) mass is 484 g/mol. The Morgan fingerprint density at radius 2 is 1.69 bits per heavy atom. The fourth-order valence-corrected chi connectivity index (χ4v) is 3.98. The lowest BCUT2D eigenvalue weighted by Gasteiger charge is -2.11. The number of amides is 1. The Labute approximate surface area is 208 Å². The molecule has 0 spiro atoms. The Bertz CT molecular complexity index is 1440. The fraction of sp³-hybridized carbons (Fsp3) is 0.179. The normalized spacial score (nSPS) is 11.7. The molecule has 8 nitrogen and oxygen atoms in total. The highest BCUT2D eigenvalue weighted by atomic mass is 16.4. The third-order valence-electron chi connectivity index (χ3n) is 5.85. The van der Waals surface area contributed by atoms with Gasteiger partial charge in [-0.25, -0.2) is 9.79 Å². The van der Waals surface area contributed by atoms with E-state index in [1.165, 1.54) is 6.07 Å². The van der Waals surface area contributed by atoms with Gasteiger partial charge < -0.3 is 25.4 Å². The van der Waals surface area contributed by atoms with Gasteiger partial charge in [0, 0.05) is 35.1 Å². The zero-order chi connectivity index (χ0) is 25.8. The lowest BCUT2D eigenvalue weighted by atomic mass is 9.98. The first-order chi connectivity index (χ1) is 17.2. The van der Waals surface area contributed by atoms with Crippen LogP contribution in [0, 0.1) is 6.92 Å². The number of aromatic amines is 1. The molecule has 0 unspecified atom stereocenters. The van der Waals surface area contributed by atoms with Gasteiger partial charge in [-0.15, -0.1) is 0 Å². The number of nitrogens with zero attached hydrogens (tertiary/aromatic N) is 2. The number of aromatic carboxylic acids is 1. The van der Waals surface area contributed by atoms with Gasteiger partial charge in [-0.2, -0.15) is 0 Å². The van der Waals surface area contributed by atoms with Gasteiger partial charge in [0.25, 0.3) is 5.91 Å². The maximum atomic E-state index is 12.4. The number of H-pyrrole nitrogens is 1. The predicted molar refractivity (Wildman–Crippen MR) is 141 cm³/mol. The van der Waals surface area contributed by atoms with Crippen molar-refractivity contribution < 1.29 is 19.8 Å². The van der Waals surface area contributed by atoms with Gasteiger partial charge in [-0.05, 0) is 63.0 Å². The molecule has 0 aliphatic heterocycles. The number of fused-ring (bicyclic) bond motifs is 1. The van der Waals surface area contributed by atoms with Crippen LogP contribution < -0.4 is 5.32 Å². The minimum Gasteiger partial charge on any atom is -0.494 e. The van der Waals surface area contributed by atoms with E-state index in [4.69, 9.17) is 4.99 Å². The van der Waals surface area contributed by atoms with Crippen LogP contribution in [-0.2, 0) is 0 Å². The second-order valence-electron chi connectivity index (χ2n) is 8.80. The molecular formula is C28H28N4O4. The van der Waals surface area contributed by atoms with Crippen LogP contribution in [0.2, 0.25) is 0 Å². The number of carboxylic acid groups (broad SMARTS) is 1. The van der Waals surface area contributed by atoms with Crippen LogP contribution in [0.5, 0.6) is 5.88 Å². The molecule has 4 N–H and O–H groups in total. The highest BCUT2D eigenvalue weighted by Gasteiger charge is 2.21. The zero-order valence-electron chi connectivity index (χ0n) is 20.4. The summed E-state index contributed by atoms with van der Waals surface area (Å²) < 4.78 is 0. The van der Waals surface area contributed by atoms with Crippen molar-refractivity contribution in [2.24, 2.45) is 4.99 Å². The van der Waals surface area contributed by atoms with E-state index in [9.17, 15) is 19.8 Å². The first kappa shape index (κ1) is 24.7. The van der Waals surface area contributed by atoms with Crippen LogP contribution in [0.4, 0.5) is 5.69 Å². The molecule has 3 aromatic carbocycles. The van der Waals surface area contributed by atoms with Gasteiger partial charge in [-0.3, -0.25) is 4.79 Å². The number of hydrogen-bond acceptors (Lipinski definition) is 5. The van der Waals surface area contributed by atoms with E-state index in [2.05, 4.69) is 10.3 Å². The summed E-state index contributed by atoms with van der Waals surface area (Å²) >= 11 is 0. The van der Waals surface area contributed by atoms with Gasteiger partial charge in [0.15, 0.2) is 5.88 Å². The molecule has 1 heterocycles. The number of aliphatic imine (C=N–C) groups is 1.